The van der Waals surface area contributed by atoms with Gasteiger partial charge < -0.3 is 14.9 Å². The third-order valence-electron chi connectivity index (χ3n) is 7.62. The van der Waals surface area contributed by atoms with E-state index in [0.29, 0.717) is 53.7 Å². The van der Waals surface area contributed by atoms with E-state index in [0.717, 1.165) is 16.1 Å². The van der Waals surface area contributed by atoms with Gasteiger partial charge in [-0.25, -0.2) is 0 Å². The van der Waals surface area contributed by atoms with Crippen LogP contribution in [0.25, 0.3) is 10.9 Å². The first-order valence-corrected chi connectivity index (χ1v) is 14.0. The Morgan fingerprint density at radius 2 is 1.97 bits per heavy atom. The van der Waals surface area contributed by atoms with Crippen LogP contribution in [0.2, 0.25) is 0 Å². The number of amides is 1. The second kappa shape index (κ2) is 11.5. The number of aromatic nitrogens is 2. The topological polar surface area (TPSA) is 93.9 Å². The standard InChI is InChI=1S/C28H32F3N5O2S/c1-16-12-23(39-4)21(26(37)34-16)14-33-27(38)24-18(3)36(22-7-5-6-20(13-32)25(22)24)17(2)19-8-10-35(11-9-19)15-28(29,30)31/h5-7,12,17,19H,8-11,14-15H2,1-4H3,(H,33,38)(H,34,37)/t17-/m1/s1. The van der Waals surface area contributed by atoms with Gasteiger partial charge in [0.1, 0.15) is 0 Å². The number of carbonyl (C=O) groups excluding carboxylic acids is 1. The zero-order valence-electron chi connectivity index (χ0n) is 22.4. The Labute approximate surface area is 229 Å². The number of nitrogens with zero attached hydrogens (tertiary/aromatic N) is 3. The summed E-state index contributed by atoms with van der Waals surface area (Å²) >= 11 is 1.43. The lowest BCUT2D eigenvalue weighted by atomic mass is 9.90. The Bertz CT molecular complexity index is 1480. The van der Waals surface area contributed by atoms with E-state index >= 15 is 0 Å². The van der Waals surface area contributed by atoms with E-state index < -0.39 is 18.6 Å². The first-order chi connectivity index (χ1) is 18.4. The number of alkyl halides is 3. The van der Waals surface area contributed by atoms with Crippen molar-refractivity contribution in [1.29, 1.82) is 5.26 Å². The molecule has 11 heteroatoms. The summed E-state index contributed by atoms with van der Waals surface area (Å²) in [6.45, 7) is 5.48. The predicted molar refractivity (Wildman–Crippen MR) is 146 cm³/mol. The van der Waals surface area contributed by atoms with E-state index in [9.17, 15) is 28.0 Å². The molecule has 2 N–H and O–H groups in total. The molecular formula is C28H32F3N5O2S. The molecule has 1 aliphatic heterocycles. The highest BCUT2D eigenvalue weighted by molar-refractivity contribution is 7.98. The number of pyridine rings is 1. The smallest absolute Gasteiger partial charge is 0.348 e. The Balaban J connectivity index is 1.66. The van der Waals surface area contributed by atoms with Crippen LogP contribution >= 0.6 is 11.8 Å². The molecule has 3 aromatic rings. The summed E-state index contributed by atoms with van der Waals surface area (Å²) in [6, 6.07) is 9.26. The van der Waals surface area contributed by atoms with Gasteiger partial charge in [0.05, 0.1) is 29.3 Å². The van der Waals surface area contributed by atoms with Gasteiger partial charge in [0.25, 0.3) is 11.5 Å². The van der Waals surface area contributed by atoms with Crippen LogP contribution in [0.4, 0.5) is 13.2 Å². The normalized spacial score (nSPS) is 15.8. The van der Waals surface area contributed by atoms with Crippen LogP contribution in [-0.4, -0.2) is 52.4 Å². The molecule has 3 heterocycles. The van der Waals surface area contributed by atoms with Crippen molar-refractivity contribution in [2.45, 2.75) is 57.3 Å². The van der Waals surface area contributed by atoms with Crippen molar-refractivity contribution >= 4 is 28.6 Å². The van der Waals surface area contributed by atoms with E-state index in [1.807, 2.05) is 36.8 Å². The lowest BCUT2D eigenvalue weighted by Gasteiger charge is -2.36. The number of aryl methyl sites for hydroxylation is 1. The van der Waals surface area contributed by atoms with Crippen LogP contribution in [0.3, 0.4) is 0 Å². The molecule has 0 unspecified atom stereocenters. The number of carbonyl (C=O) groups is 1. The maximum atomic E-state index is 13.6. The fourth-order valence-corrected chi connectivity index (χ4v) is 6.44. The predicted octanol–water partition coefficient (Wildman–Crippen LogP) is 5.31. The number of H-pyrrole nitrogens is 1. The number of fused-ring (bicyclic) bond motifs is 1. The van der Waals surface area contributed by atoms with E-state index in [2.05, 4.69) is 16.4 Å². The monoisotopic (exact) mass is 559 g/mol. The van der Waals surface area contributed by atoms with Gasteiger partial charge in [0.2, 0.25) is 0 Å². The van der Waals surface area contributed by atoms with Gasteiger partial charge in [0.15, 0.2) is 0 Å². The largest absolute Gasteiger partial charge is 0.401 e. The molecule has 0 bridgehead atoms. The quantitative estimate of drug-likeness (QED) is 0.383. The number of hydrogen-bond donors (Lipinski definition) is 2. The first-order valence-electron chi connectivity index (χ1n) is 12.8. The number of rotatable bonds is 7. The van der Waals surface area contributed by atoms with Crippen LogP contribution in [-0.2, 0) is 6.54 Å². The van der Waals surface area contributed by atoms with Gasteiger partial charge >= 0.3 is 6.18 Å². The molecule has 0 saturated carbocycles. The number of likely N-dealkylation sites (tertiary alicyclic amines) is 1. The molecule has 0 aliphatic carbocycles. The molecule has 2 aromatic heterocycles. The van der Waals surface area contributed by atoms with E-state index in [4.69, 9.17) is 0 Å². The van der Waals surface area contributed by atoms with Crippen molar-refractivity contribution < 1.29 is 18.0 Å². The third kappa shape index (κ3) is 6.02. The van der Waals surface area contributed by atoms with Crippen LogP contribution in [0.15, 0.2) is 34.0 Å². The summed E-state index contributed by atoms with van der Waals surface area (Å²) in [7, 11) is 0. The minimum atomic E-state index is -4.22. The van der Waals surface area contributed by atoms with Crippen molar-refractivity contribution in [3.8, 4) is 6.07 Å². The Kier molecular flexibility index (Phi) is 8.47. The van der Waals surface area contributed by atoms with Gasteiger partial charge in [-0.05, 0) is 77.1 Å². The van der Waals surface area contributed by atoms with Gasteiger partial charge in [-0.3, -0.25) is 14.5 Å². The Hall–Kier alpha value is -3.23. The summed E-state index contributed by atoms with van der Waals surface area (Å²) in [4.78, 5) is 31.2. The van der Waals surface area contributed by atoms with E-state index in [1.54, 1.807) is 19.1 Å². The molecule has 7 nitrogen and oxygen atoms in total. The van der Waals surface area contributed by atoms with E-state index in [-0.39, 0.29) is 24.1 Å². The summed E-state index contributed by atoms with van der Waals surface area (Å²) < 4.78 is 40.6. The molecule has 1 fully saturated rings. The van der Waals surface area contributed by atoms with Crippen LogP contribution in [0, 0.1) is 31.1 Å². The molecule has 4 rings (SSSR count). The number of thioether (sulfide) groups is 1. The minimum absolute atomic E-state index is 0.0265. The molecule has 208 valence electrons. The Morgan fingerprint density at radius 1 is 1.28 bits per heavy atom. The number of benzene rings is 1. The highest BCUT2D eigenvalue weighted by atomic mass is 32.2. The summed E-state index contributed by atoms with van der Waals surface area (Å²) in [5.74, 6) is -0.279. The third-order valence-corrected chi connectivity index (χ3v) is 8.43. The number of hydrogen-bond acceptors (Lipinski definition) is 5. The van der Waals surface area contributed by atoms with Crippen molar-refractivity contribution in [2.75, 3.05) is 25.9 Å². The Morgan fingerprint density at radius 3 is 2.59 bits per heavy atom. The fraction of sp³-hybridized carbons (Fsp3) is 0.464. The second-order valence-corrected chi connectivity index (χ2v) is 11.0. The zero-order chi connectivity index (χ0) is 28.5. The lowest BCUT2D eigenvalue weighted by molar-refractivity contribution is -0.149. The summed E-state index contributed by atoms with van der Waals surface area (Å²) in [6.07, 6.45) is -1.15. The molecule has 1 aromatic carbocycles. The molecule has 1 aliphatic rings. The molecule has 0 spiro atoms. The molecule has 1 saturated heterocycles. The fourth-order valence-electron chi connectivity index (χ4n) is 5.73. The number of piperidine rings is 1. The maximum absolute atomic E-state index is 13.6. The number of nitriles is 1. The van der Waals surface area contributed by atoms with Crippen molar-refractivity contribution in [2.24, 2.45) is 5.92 Å². The summed E-state index contributed by atoms with van der Waals surface area (Å²) in [5, 5.41) is 13.3. The van der Waals surface area contributed by atoms with Crippen LogP contribution in [0.1, 0.15) is 58.7 Å². The van der Waals surface area contributed by atoms with Crippen molar-refractivity contribution in [1.82, 2.24) is 19.8 Å². The highest BCUT2D eigenvalue weighted by Crippen LogP contribution is 2.37. The van der Waals surface area contributed by atoms with Gasteiger partial charge in [-0.2, -0.15) is 18.4 Å². The van der Waals surface area contributed by atoms with E-state index in [1.165, 1.54) is 16.7 Å². The molecule has 1 atom stereocenters. The lowest BCUT2D eigenvalue weighted by Crippen LogP contribution is -2.41. The molecular weight excluding hydrogens is 527 g/mol. The SMILES string of the molecule is CSc1cc(C)[nH]c(=O)c1CNC(=O)c1c(C)n([C@H](C)C2CCN(CC(F)(F)F)CC2)c2cccc(C#N)c12. The number of aromatic amines is 1. The summed E-state index contributed by atoms with van der Waals surface area (Å²) in [5.41, 5.74) is 3.08. The first kappa shape index (κ1) is 28.8. The number of halogens is 3. The highest BCUT2D eigenvalue weighted by Gasteiger charge is 2.35. The average Bonchev–Trinajstić information content (AvgIpc) is 3.18. The van der Waals surface area contributed by atoms with Gasteiger partial charge in [0, 0.05) is 39.8 Å². The van der Waals surface area contributed by atoms with Crippen LogP contribution in [0.5, 0.6) is 0 Å². The molecule has 1 amide bonds. The molecule has 39 heavy (non-hydrogen) atoms. The second-order valence-electron chi connectivity index (χ2n) is 10.1. The molecule has 0 radical (unpaired) electrons. The average molecular weight is 560 g/mol. The minimum Gasteiger partial charge on any atom is -0.348 e. The van der Waals surface area contributed by atoms with Crippen LogP contribution < -0.4 is 10.9 Å². The van der Waals surface area contributed by atoms with Crippen molar-refractivity contribution in [3.05, 3.63) is 62.7 Å². The maximum Gasteiger partial charge on any atom is 0.401 e. The van der Waals surface area contributed by atoms with Crippen molar-refractivity contribution in [3.63, 3.8) is 0 Å². The van der Waals surface area contributed by atoms with Gasteiger partial charge in [-0.15, -0.1) is 11.8 Å². The van der Waals surface area contributed by atoms with Gasteiger partial charge in [-0.1, -0.05) is 6.07 Å². The number of nitrogens with one attached hydrogen (secondary N) is 2. The zero-order valence-corrected chi connectivity index (χ0v) is 23.2.